The molecule has 11 heteroatoms. The van der Waals surface area contributed by atoms with E-state index in [2.05, 4.69) is 38.8 Å². The van der Waals surface area contributed by atoms with E-state index in [1.54, 1.807) is 0 Å². The zero-order valence-electron chi connectivity index (χ0n) is 23.8. The van der Waals surface area contributed by atoms with Crippen LogP contribution in [0.25, 0.3) is 22.9 Å². The summed E-state index contributed by atoms with van der Waals surface area (Å²) in [5.74, 6) is 3.48. The number of rotatable bonds is 7. The molecule has 0 bridgehead atoms. The van der Waals surface area contributed by atoms with E-state index < -0.39 is 5.76 Å². The number of imidazole rings is 1. The number of ether oxygens (including phenoxy) is 1. The lowest BCUT2D eigenvalue weighted by atomic mass is 9.80. The number of morpholine rings is 1. The SMILES string of the molecule is C[C@@H](Nc1nc(-c2n[nH]c(=O)o2)nc2nc(N3CCOC4CCCCC43)n(C[C@H]3CC[C@H](C)CC3)c12)C1CCC1. The van der Waals surface area contributed by atoms with Gasteiger partial charge in [-0.1, -0.05) is 39.0 Å². The van der Waals surface area contributed by atoms with E-state index >= 15 is 0 Å². The third-order valence-electron chi connectivity index (χ3n) is 10.00. The maximum absolute atomic E-state index is 11.8. The molecule has 4 heterocycles. The maximum Gasteiger partial charge on any atom is 0.434 e. The second kappa shape index (κ2) is 10.8. The van der Waals surface area contributed by atoms with Crippen LogP contribution in [0.5, 0.6) is 0 Å². The summed E-state index contributed by atoms with van der Waals surface area (Å²) in [5, 5.41) is 10.1. The molecule has 2 unspecified atom stereocenters. The number of hydrogen-bond donors (Lipinski definition) is 2. The largest absolute Gasteiger partial charge is 0.434 e. The third-order valence-corrected chi connectivity index (χ3v) is 10.00. The predicted molar refractivity (Wildman–Crippen MR) is 152 cm³/mol. The van der Waals surface area contributed by atoms with E-state index in [4.69, 9.17) is 24.1 Å². The van der Waals surface area contributed by atoms with Gasteiger partial charge in [-0.3, -0.25) is 0 Å². The molecule has 3 aliphatic carbocycles. The Morgan fingerprint density at radius 1 is 1.02 bits per heavy atom. The Bertz CT molecular complexity index is 1380. The fourth-order valence-corrected chi connectivity index (χ4v) is 7.33. The summed E-state index contributed by atoms with van der Waals surface area (Å²) in [6, 6.07) is 0.589. The molecule has 3 aromatic rings. The van der Waals surface area contributed by atoms with Crippen LogP contribution in [0, 0.1) is 17.8 Å². The Hall–Kier alpha value is -2.95. The maximum atomic E-state index is 11.8. The zero-order chi connectivity index (χ0) is 27.2. The summed E-state index contributed by atoms with van der Waals surface area (Å²) in [6.07, 6.45) is 13.7. The molecule has 0 aromatic carbocycles. The van der Waals surface area contributed by atoms with E-state index in [0.29, 0.717) is 30.1 Å². The highest BCUT2D eigenvalue weighted by atomic mass is 16.5. The summed E-state index contributed by atoms with van der Waals surface area (Å²) >= 11 is 0. The van der Waals surface area contributed by atoms with E-state index in [9.17, 15) is 4.79 Å². The average molecular weight is 551 g/mol. The molecule has 0 spiro atoms. The minimum absolute atomic E-state index is 0.0855. The van der Waals surface area contributed by atoms with E-state index in [1.807, 2.05) is 0 Å². The van der Waals surface area contributed by atoms with E-state index in [0.717, 1.165) is 49.1 Å². The number of aromatic nitrogens is 6. The van der Waals surface area contributed by atoms with Gasteiger partial charge in [0.15, 0.2) is 11.5 Å². The van der Waals surface area contributed by atoms with Gasteiger partial charge in [0.1, 0.15) is 5.52 Å². The molecular weight excluding hydrogens is 508 g/mol. The minimum atomic E-state index is -0.620. The predicted octanol–water partition coefficient (Wildman–Crippen LogP) is 4.74. The molecule has 11 nitrogen and oxygen atoms in total. The van der Waals surface area contributed by atoms with Gasteiger partial charge in [0.05, 0.1) is 18.8 Å². The van der Waals surface area contributed by atoms with Crippen LogP contribution in [-0.2, 0) is 11.3 Å². The summed E-state index contributed by atoms with van der Waals surface area (Å²) in [7, 11) is 0. The van der Waals surface area contributed by atoms with Crippen molar-refractivity contribution >= 4 is 22.9 Å². The Morgan fingerprint density at radius 3 is 2.60 bits per heavy atom. The molecule has 1 aliphatic heterocycles. The van der Waals surface area contributed by atoms with Crippen LogP contribution in [0.2, 0.25) is 0 Å². The first kappa shape index (κ1) is 26.0. The summed E-state index contributed by atoms with van der Waals surface area (Å²) < 4.78 is 13.9. The molecule has 3 aromatic heterocycles. The second-order valence-corrected chi connectivity index (χ2v) is 12.7. The van der Waals surface area contributed by atoms with Crippen LogP contribution in [-0.4, -0.2) is 61.1 Å². The Labute approximate surface area is 234 Å². The van der Waals surface area contributed by atoms with Crippen LogP contribution >= 0.6 is 0 Å². The molecule has 4 fully saturated rings. The van der Waals surface area contributed by atoms with Crippen molar-refractivity contribution in [1.29, 1.82) is 0 Å². The molecule has 3 atom stereocenters. The van der Waals surface area contributed by atoms with Crippen molar-refractivity contribution in [1.82, 2.24) is 29.7 Å². The first-order valence-corrected chi connectivity index (χ1v) is 15.5. The van der Waals surface area contributed by atoms with Crippen molar-refractivity contribution in [3.05, 3.63) is 10.6 Å². The quantitative estimate of drug-likeness (QED) is 0.429. The van der Waals surface area contributed by atoms with Crippen molar-refractivity contribution in [3.8, 4) is 11.7 Å². The lowest BCUT2D eigenvalue weighted by molar-refractivity contribution is -0.00958. The molecule has 3 saturated carbocycles. The first-order valence-electron chi connectivity index (χ1n) is 15.5. The van der Waals surface area contributed by atoms with Crippen molar-refractivity contribution in [2.45, 2.75) is 109 Å². The second-order valence-electron chi connectivity index (χ2n) is 12.7. The topological polar surface area (TPSA) is 127 Å². The summed E-state index contributed by atoms with van der Waals surface area (Å²) in [6.45, 7) is 7.05. The highest BCUT2D eigenvalue weighted by Crippen LogP contribution is 2.39. The van der Waals surface area contributed by atoms with Gasteiger partial charge in [-0.05, 0) is 63.2 Å². The van der Waals surface area contributed by atoms with Crippen LogP contribution in [0.4, 0.5) is 11.8 Å². The molecule has 216 valence electrons. The molecule has 4 aliphatic rings. The summed E-state index contributed by atoms with van der Waals surface area (Å²) in [4.78, 5) is 29.3. The lowest BCUT2D eigenvalue weighted by Crippen LogP contribution is -2.53. The average Bonchev–Trinajstić information content (AvgIpc) is 3.52. The number of nitrogens with zero attached hydrogens (tertiary/aromatic N) is 6. The number of hydrogen-bond acceptors (Lipinski definition) is 9. The van der Waals surface area contributed by atoms with Crippen molar-refractivity contribution in [2.75, 3.05) is 23.4 Å². The highest BCUT2D eigenvalue weighted by molar-refractivity contribution is 5.87. The third kappa shape index (κ3) is 4.90. The van der Waals surface area contributed by atoms with Crippen LogP contribution in [0.1, 0.15) is 84.5 Å². The fraction of sp³-hybridized carbons (Fsp3) is 0.759. The van der Waals surface area contributed by atoms with Crippen molar-refractivity contribution in [2.24, 2.45) is 17.8 Å². The monoisotopic (exact) mass is 550 g/mol. The van der Waals surface area contributed by atoms with Gasteiger partial charge in [0.25, 0.3) is 5.89 Å². The number of nitrogens with one attached hydrogen (secondary N) is 2. The number of H-pyrrole nitrogens is 1. The number of aromatic amines is 1. The molecule has 0 amide bonds. The van der Waals surface area contributed by atoms with Crippen LogP contribution < -0.4 is 16.0 Å². The van der Waals surface area contributed by atoms with Crippen LogP contribution in [0.3, 0.4) is 0 Å². The zero-order valence-corrected chi connectivity index (χ0v) is 23.8. The standard InChI is InChI=1S/C29H42N8O3/c1-17-10-12-19(13-11-17)16-37-23-24(30-18(2)20-6-5-7-20)31-26(27-34-35-29(38)40-27)32-25(23)33-28(37)36-14-15-39-22-9-4-3-8-21(22)36/h17-22H,3-16H2,1-2H3,(H,35,38)(H,30,31,32)/t17-,18-,19-,21?,22?/m1/s1. The van der Waals surface area contributed by atoms with Gasteiger partial charge in [0, 0.05) is 19.1 Å². The molecule has 7 rings (SSSR count). The Morgan fingerprint density at radius 2 is 1.85 bits per heavy atom. The van der Waals surface area contributed by atoms with E-state index in [1.165, 1.54) is 57.8 Å². The van der Waals surface area contributed by atoms with Crippen LogP contribution in [0.15, 0.2) is 9.21 Å². The molecule has 2 N–H and O–H groups in total. The molecule has 40 heavy (non-hydrogen) atoms. The Kier molecular flexibility index (Phi) is 7.01. The van der Waals surface area contributed by atoms with Gasteiger partial charge in [-0.25, -0.2) is 19.9 Å². The van der Waals surface area contributed by atoms with Crippen molar-refractivity contribution in [3.63, 3.8) is 0 Å². The fourth-order valence-electron chi connectivity index (χ4n) is 7.33. The Balaban J connectivity index is 1.36. The first-order chi connectivity index (χ1) is 19.5. The lowest BCUT2D eigenvalue weighted by Gasteiger charge is -2.44. The summed E-state index contributed by atoms with van der Waals surface area (Å²) in [5.41, 5.74) is 1.57. The van der Waals surface area contributed by atoms with E-state index in [-0.39, 0.29) is 23.9 Å². The molecule has 1 saturated heterocycles. The van der Waals surface area contributed by atoms with Gasteiger partial charge >= 0.3 is 5.76 Å². The van der Waals surface area contributed by atoms with Gasteiger partial charge in [-0.15, -0.1) is 5.10 Å². The normalized spacial score (nSPS) is 28.3. The van der Waals surface area contributed by atoms with Crippen molar-refractivity contribution < 1.29 is 9.15 Å². The van der Waals surface area contributed by atoms with Gasteiger partial charge in [0.2, 0.25) is 11.8 Å². The number of anilines is 2. The van der Waals surface area contributed by atoms with Gasteiger partial charge in [-0.2, -0.15) is 4.98 Å². The highest BCUT2D eigenvalue weighted by Gasteiger charge is 2.38. The molecular formula is C29H42N8O3. The van der Waals surface area contributed by atoms with Gasteiger partial charge < -0.3 is 23.9 Å². The molecule has 0 radical (unpaired) electrons. The minimum Gasteiger partial charge on any atom is -0.384 e. The smallest absolute Gasteiger partial charge is 0.384 e. The number of fused-ring (bicyclic) bond motifs is 2.